The highest BCUT2D eigenvalue weighted by Crippen LogP contribution is 2.24. The Kier molecular flexibility index (Phi) is 6.97. The predicted molar refractivity (Wildman–Crippen MR) is 119 cm³/mol. The van der Waals surface area contributed by atoms with Gasteiger partial charge in [0.2, 0.25) is 15.9 Å². The minimum Gasteiger partial charge on any atom is -0.489 e. The molecule has 3 rings (SSSR count). The molecule has 8 heteroatoms. The third-order valence-electron chi connectivity index (χ3n) is 4.21. The SMILES string of the molecule is CS(=O)(=O)N(CC(=O)Nc1ccccc1Cl)c1ccc(OCc2ccccc2)cc1. The van der Waals surface area contributed by atoms with Crippen LogP contribution in [0.3, 0.4) is 0 Å². The van der Waals surface area contributed by atoms with Crippen LogP contribution in [0.2, 0.25) is 5.02 Å². The van der Waals surface area contributed by atoms with E-state index in [1.807, 2.05) is 30.3 Å². The van der Waals surface area contributed by atoms with E-state index in [1.165, 1.54) is 0 Å². The van der Waals surface area contributed by atoms with E-state index < -0.39 is 15.9 Å². The van der Waals surface area contributed by atoms with E-state index in [0.717, 1.165) is 16.1 Å². The average Bonchev–Trinajstić information content (AvgIpc) is 2.73. The van der Waals surface area contributed by atoms with Crippen LogP contribution in [0.15, 0.2) is 78.9 Å². The molecular formula is C22H21ClN2O4S. The van der Waals surface area contributed by atoms with Crippen LogP contribution >= 0.6 is 11.6 Å². The first-order valence-electron chi connectivity index (χ1n) is 9.12. The maximum Gasteiger partial charge on any atom is 0.245 e. The molecule has 0 heterocycles. The van der Waals surface area contributed by atoms with Gasteiger partial charge in [-0.25, -0.2) is 8.42 Å². The van der Waals surface area contributed by atoms with Crippen molar-refractivity contribution < 1.29 is 17.9 Å². The van der Waals surface area contributed by atoms with Crippen molar-refractivity contribution in [2.75, 3.05) is 22.4 Å². The summed E-state index contributed by atoms with van der Waals surface area (Å²) in [6.45, 7) is 0.0183. The third-order valence-corrected chi connectivity index (χ3v) is 5.68. The van der Waals surface area contributed by atoms with Gasteiger partial charge in [-0.1, -0.05) is 54.1 Å². The van der Waals surface area contributed by atoms with Crippen molar-refractivity contribution in [2.45, 2.75) is 6.61 Å². The molecule has 0 aliphatic carbocycles. The molecule has 6 nitrogen and oxygen atoms in total. The molecule has 1 amide bonds. The number of nitrogens with zero attached hydrogens (tertiary/aromatic N) is 1. The molecular weight excluding hydrogens is 424 g/mol. The van der Waals surface area contributed by atoms with Crippen LogP contribution in [0, 0.1) is 0 Å². The molecule has 0 aliphatic heterocycles. The number of nitrogens with one attached hydrogen (secondary N) is 1. The van der Waals surface area contributed by atoms with Gasteiger partial charge < -0.3 is 10.1 Å². The second-order valence-electron chi connectivity index (χ2n) is 6.57. The van der Waals surface area contributed by atoms with Crippen molar-refractivity contribution in [3.8, 4) is 5.75 Å². The van der Waals surface area contributed by atoms with Crippen LogP contribution in [0.25, 0.3) is 0 Å². The van der Waals surface area contributed by atoms with Crippen LogP contribution in [-0.2, 0) is 21.4 Å². The molecule has 0 saturated carbocycles. The molecule has 0 unspecified atom stereocenters. The lowest BCUT2D eigenvalue weighted by molar-refractivity contribution is -0.114. The van der Waals surface area contributed by atoms with Crippen LogP contribution < -0.4 is 14.4 Å². The van der Waals surface area contributed by atoms with Gasteiger partial charge in [0.15, 0.2) is 0 Å². The number of carbonyl (C=O) groups excluding carboxylic acids is 1. The van der Waals surface area contributed by atoms with Crippen molar-refractivity contribution >= 4 is 38.9 Å². The number of sulfonamides is 1. The summed E-state index contributed by atoms with van der Waals surface area (Å²) in [7, 11) is -3.68. The molecule has 0 fully saturated rings. The van der Waals surface area contributed by atoms with Crippen LogP contribution in [-0.4, -0.2) is 27.1 Å². The molecule has 0 saturated heterocycles. The van der Waals surface area contributed by atoms with Gasteiger partial charge in [0.25, 0.3) is 0 Å². The quantitative estimate of drug-likeness (QED) is 0.561. The third kappa shape index (κ3) is 5.98. The summed E-state index contributed by atoms with van der Waals surface area (Å²) in [4.78, 5) is 12.4. The van der Waals surface area contributed by atoms with Gasteiger partial charge in [-0.05, 0) is 42.0 Å². The molecule has 0 atom stereocenters. The monoisotopic (exact) mass is 444 g/mol. The number of para-hydroxylation sites is 1. The minimum atomic E-state index is -3.68. The van der Waals surface area contributed by atoms with Crippen molar-refractivity contribution in [3.63, 3.8) is 0 Å². The molecule has 0 aliphatic rings. The van der Waals surface area contributed by atoms with Gasteiger partial charge in [0.1, 0.15) is 18.9 Å². The van der Waals surface area contributed by atoms with Gasteiger partial charge in [0, 0.05) is 0 Å². The summed E-state index contributed by atoms with van der Waals surface area (Å²) in [5, 5.41) is 3.00. The Bertz CT molecular complexity index is 1100. The van der Waals surface area contributed by atoms with Crippen LogP contribution in [0.4, 0.5) is 11.4 Å². The van der Waals surface area contributed by atoms with E-state index in [1.54, 1.807) is 48.5 Å². The molecule has 156 valence electrons. The molecule has 0 aromatic heterocycles. The number of ether oxygens (including phenoxy) is 1. The van der Waals surface area contributed by atoms with E-state index in [2.05, 4.69) is 5.32 Å². The average molecular weight is 445 g/mol. The van der Waals surface area contributed by atoms with E-state index in [9.17, 15) is 13.2 Å². The maximum atomic E-state index is 12.4. The lowest BCUT2D eigenvalue weighted by atomic mass is 10.2. The molecule has 0 spiro atoms. The second kappa shape index (κ2) is 9.65. The van der Waals surface area contributed by atoms with E-state index in [4.69, 9.17) is 16.3 Å². The molecule has 0 bridgehead atoms. The Balaban J connectivity index is 1.69. The molecule has 3 aromatic rings. The minimum absolute atomic E-state index is 0.360. The van der Waals surface area contributed by atoms with E-state index in [-0.39, 0.29) is 6.54 Å². The highest BCUT2D eigenvalue weighted by atomic mass is 35.5. The lowest BCUT2D eigenvalue weighted by Crippen LogP contribution is -2.37. The summed E-state index contributed by atoms with van der Waals surface area (Å²) >= 11 is 6.04. The maximum absolute atomic E-state index is 12.4. The molecule has 3 aromatic carbocycles. The summed E-state index contributed by atoms with van der Waals surface area (Å²) in [6.07, 6.45) is 1.05. The zero-order valence-electron chi connectivity index (χ0n) is 16.3. The van der Waals surface area contributed by atoms with E-state index >= 15 is 0 Å². The fourth-order valence-corrected chi connectivity index (χ4v) is 3.77. The standard InChI is InChI=1S/C22H21ClN2O4S/c1-30(27,28)25(15-22(26)24-21-10-6-5-9-20(21)23)18-11-13-19(14-12-18)29-16-17-7-3-2-4-8-17/h2-14H,15-16H2,1H3,(H,24,26). The predicted octanol–water partition coefficient (Wildman–Crippen LogP) is 4.32. The summed E-state index contributed by atoms with van der Waals surface area (Å²) < 4.78 is 31.3. The molecule has 30 heavy (non-hydrogen) atoms. The van der Waals surface area contributed by atoms with Gasteiger partial charge in [-0.2, -0.15) is 0 Å². The summed E-state index contributed by atoms with van der Waals surface area (Å²) in [6, 6.07) is 23.0. The summed E-state index contributed by atoms with van der Waals surface area (Å²) in [5.74, 6) is 0.0921. The lowest BCUT2D eigenvalue weighted by Gasteiger charge is -2.22. The number of rotatable bonds is 8. The second-order valence-corrected chi connectivity index (χ2v) is 8.88. The first kappa shape index (κ1) is 21.7. The van der Waals surface area contributed by atoms with Crippen molar-refractivity contribution in [2.24, 2.45) is 0 Å². The Morgan fingerprint density at radius 3 is 2.23 bits per heavy atom. The van der Waals surface area contributed by atoms with Crippen molar-refractivity contribution in [1.82, 2.24) is 0 Å². The fourth-order valence-electron chi connectivity index (χ4n) is 2.73. The van der Waals surface area contributed by atoms with Gasteiger partial charge in [-0.3, -0.25) is 9.10 Å². The van der Waals surface area contributed by atoms with Gasteiger partial charge in [-0.15, -0.1) is 0 Å². The Hall–Kier alpha value is -3.03. The summed E-state index contributed by atoms with van der Waals surface area (Å²) in [5.41, 5.74) is 1.80. The van der Waals surface area contributed by atoms with E-state index in [0.29, 0.717) is 28.8 Å². The Labute approximate surface area is 181 Å². The fraction of sp³-hybridized carbons (Fsp3) is 0.136. The number of amides is 1. The van der Waals surface area contributed by atoms with Crippen LogP contribution in [0.5, 0.6) is 5.75 Å². The van der Waals surface area contributed by atoms with Crippen molar-refractivity contribution in [1.29, 1.82) is 0 Å². The smallest absolute Gasteiger partial charge is 0.245 e. The largest absolute Gasteiger partial charge is 0.489 e. The number of halogens is 1. The number of hydrogen-bond donors (Lipinski definition) is 1. The first-order chi connectivity index (χ1) is 14.3. The topological polar surface area (TPSA) is 75.7 Å². The normalized spacial score (nSPS) is 11.0. The number of hydrogen-bond acceptors (Lipinski definition) is 4. The highest BCUT2D eigenvalue weighted by Gasteiger charge is 2.21. The number of carbonyl (C=O) groups is 1. The number of anilines is 2. The zero-order valence-corrected chi connectivity index (χ0v) is 17.9. The van der Waals surface area contributed by atoms with Gasteiger partial charge >= 0.3 is 0 Å². The first-order valence-corrected chi connectivity index (χ1v) is 11.3. The molecule has 0 radical (unpaired) electrons. The van der Waals surface area contributed by atoms with Crippen molar-refractivity contribution in [3.05, 3.63) is 89.4 Å². The number of benzene rings is 3. The van der Waals surface area contributed by atoms with Crippen LogP contribution in [0.1, 0.15) is 5.56 Å². The van der Waals surface area contributed by atoms with Gasteiger partial charge in [0.05, 0.1) is 22.7 Å². The molecule has 1 N–H and O–H groups in total. The highest BCUT2D eigenvalue weighted by molar-refractivity contribution is 7.92. The Morgan fingerprint density at radius 1 is 0.967 bits per heavy atom. The zero-order chi connectivity index (χ0) is 21.6. The Morgan fingerprint density at radius 2 is 1.60 bits per heavy atom.